The molecule has 9 heteroatoms. The van der Waals surface area contributed by atoms with E-state index in [0.29, 0.717) is 34.9 Å². The summed E-state index contributed by atoms with van der Waals surface area (Å²) >= 11 is 0. The molecule has 2 atom stereocenters. The quantitative estimate of drug-likeness (QED) is 0.656. The van der Waals surface area contributed by atoms with Crippen LogP contribution in [0.4, 0.5) is 26.2 Å². The highest BCUT2D eigenvalue weighted by Crippen LogP contribution is 2.50. The molecular weight excluding hydrogens is 404 g/mol. The standard InChI is InChI=1S/C20H21F2N5O2.C2H6/c1-10-3-17(23-2)27-19(25-10)26-14-6-15(11-4-12-8-24-9-13(12)5-11)18-16(7-14)28-20(21,22)29-18;1-2/h3-4,6-7,12-13,24H,5,8-9H2,1-2H3,(H2,23,25,26,27);1-2H3. The van der Waals surface area contributed by atoms with Crippen LogP contribution in [0.15, 0.2) is 24.3 Å². The van der Waals surface area contributed by atoms with Crippen LogP contribution in [0.3, 0.4) is 0 Å². The number of nitrogens with one attached hydrogen (secondary N) is 3. The van der Waals surface area contributed by atoms with Crippen molar-refractivity contribution in [2.24, 2.45) is 11.8 Å². The molecule has 1 fully saturated rings. The number of rotatable bonds is 4. The van der Waals surface area contributed by atoms with Crippen LogP contribution in [-0.2, 0) is 0 Å². The summed E-state index contributed by atoms with van der Waals surface area (Å²) in [5.41, 5.74) is 2.96. The minimum absolute atomic E-state index is 0.00702. The molecule has 0 bridgehead atoms. The van der Waals surface area contributed by atoms with Gasteiger partial charge in [-0.25, -0.2) is 4.98 Å². The maximum absolute atomic E-state index is 13.8. The summed E-state index contributed by atoms with van der Waals surface area (Å²) in [5, 5.41) is 9.45. The Kier molecular flexibility index (Phi) is 5.70. The number of nitrogens with zero attached hydrogens (tertiary/aromatic N) is 2. The predicted molar refractivity (Wildman–Crippen MR) is 116 cm³/mol. The van der Waals surface area contributed by atoms with Gasteiger partial charge in [-0.1, -0.05) is 19.9 Å². The molecule has 0 amide bonds. The van der Waals surface area contributed by atoms with Crippen LogP contribution in [0.2, 0.25) is 0 Å². The Balaban J connectivity index is 0.00000112. The summed E-state index contributed by atoms with van der Waals surface area (Å²) in [6, 6.07) is 5.10. The van der Waals surface area contributed by atoms with Gasteiger partial charge in [0.2, 0.25) is 5.95 Å². The fraction of sp³-hybridized carbons (Fsp3) is 0.455. The first-order valence-corrected chi connectivity index (χ1v) is 10.6. The fourth-order valence-corrected chi connectivity index (χ4v) is 4.22. The third-order valence-electron chi connectivity index (χ3n) is 5.51. The topological polar surface area (TPSA) is 80.3 Å². The number of aromatic nitrogens is 2. The summed E-state index contributed by atoms with van der Waals surface area (Å²) in [6.45, 7) is 7.70. The Hall–Kier alpha value is -2.94. The molecule has 1 aromatic heterocycles. The summed E-state index contributed by atoms with van der Waals surface area (Å²) in [6.07, 6.45) is -0.703. The van der Waals surface area contributed by atoms with Gasteiger partial charge in [-0.05, 0) is 43.4 Å². The lowest BCUT2D eigenvalue weighted by atomic mass is 9.97. The molecule has 5 rings (SSSR count). The first-order chi connectivity index (χ1) is 14.9. The van der Waals surface area contributed by atoms with Gasteiger partial charge in [0, 0.05) is 42.7 Å². The van der Waals surface area contributed by atoms with Crippen molar-refractivity contribution in [3.63, 3.8) is 0 Å². The van der Waals surface area contributed by atoms with E-state index in [9.17, 15) is 8.78 Å². The van der Waals surface area contributed by atoms with Crippen LogP contribution in [0.1, 0.15) is 31.5 Å². The molecule has 31 heavy (non-hydrogen) atoms. The van der Waals surface area contributed by atoms with E-state index in [1.807, 2.05) is 26.8 Å². The van der Waals surface area contributed by atoms with Gasteiger partial charge >= 0.3 is 6.29 Å². The minimum atomic E-state index is -3.68. The normalized spacial score (nSPS) is 22.3. The van der Waals surface area contributed by atoms with E-state index in [2.05, 4.69) is 32.0 Å². The number of aryl methyl sites for hydroxylation is 1. The molecule has 0 radical (unpaired) electrons. The molecule has 3 N–H and O–H groups in total. The molecule has 7 nitrogen and oxygen atoms in total. The largest absolute Gasteiger partial charge is 0.586 e. The van der Waals surface area contributed by atoms with E-state index in [1.165, 1.54) is 6.07 Å². The van der Waals surface area contributed by atoms with Crippen LogP contribution >= 0.6 is 0 Å². The first kappa shape index (κ1) is 21.3. The molecular formula is C22H27F2N5O2. The Morgan fingerprint density at radius 2 is 1.94 bits per heavy atom. The van der Waals surface area contributed by atoms with Crippen LogP contribution in [0.25, 0.3) is 5.57 Å². The minimum Gasteiger partial charge on any atom is -0.395 e. The van der Waals surface area contributed by atoms with Crippen molar-refractivity contribution in [2.75, 3.05) is 30.8 Å². The van der Waals surface area contributed by atoms with E-state index in [0.717, 1.165) is 30.8 Å². The zero-order valence-electron chi connectivity index (χ0n) is 18.1. The maximum atomic E-state index is 13.8. The summed E-state index contributed by atoms with van der Waals surface area (Å²) in [4.78, 5) is 8.73. The number of alkyl halides is 2. The monoisotopic (exact) mass is 431 g/mol. The Bertz CT molecular complexity index is 1010. The number of fused-ring (bicyclic) bond motifs is 2. The van der Waals surface area contributed by atoms with E-state index in [-0.39, 0.29) is 11.5 Å². The summed E-state index contributed by atoms with van der Waals surface area (Å²) < 4.78 is 37.2. The number of hydrogen-bond donors (Lipinski definition) is 3. The van der Waals surface area contributed by atoms with Crippen molar-refractivity contribution in [2.45, 2.75) is 33.5 Å². The van der Waals surface area contributed by atoms with Crippen LogP contribution in [0.5, 0.6) is 11.5 Å². The van der Waals surface area contributed by atoms with Crippen molar-refractivity contribution in [1.82, 2.24) is 15.3 Å². The average Bonchev–Trinajstić information content (AvgIpc) is 3.40. The van der Waals surface area contributed by atoms with E-state index < -0.39 is 6.29 Å². The second-order valence-corrected chi connectivity index (χ2v) is 7.59. The smallest absolute Gasteiger partial charge is 0.395 e. The average molecular weight is 431 g/mol. The molecule has 0 spiro atoms. The number of hydrogen-bond acceptors (Lipinski definition) is 7. The number of halogens is 2. The van der Waals surface area contributed by atoms with Gasteiger partial charge in [0.1, 0.15) is 5.82 Å². The summed E-state index contributed by atoms with van der Waals surface area (Å²) in [5.74, 6) is 2.02. The van der Waals surface area contributed by atoms with Crippen LogP contribution in [-0.4, -0.2) is 36.4 Å². The highest BCUT2D eigenvalue weighted by molar-refractivity contribution is 5.80. The highest BCUT2D eigenvalue weighted by atomic mass is 19.3. The lowest BCUT2D eigenvalue weighted by Gasteiger charge is -2.13. The van der Waals surface area contributed by atoms with Crippen LogP contribution in [0, 0.1) is 18.8 Å². The Morgan fingerprint density at radius 3 is 2.68 bits per heavy atom. The zero-order valence-corrected chi connectivity index (χ0v) is 18.1. The Morgan fingerprint density at radius 1 is 1.13 bits per heavy atom. The molecule has 3 aliphatic rings. The van der Waals surface area contributed by atoms with Crippen molar-refractivity contribution in [3.8, 4) is 11.5 Å². The number of anilines is 3. The molecule has 3 heterocycles. The second kappa shape index (κ2) is 8.30. The molecule has 1 saturated heterocycles. The van der Waals surface area contributed by atoms with Gasteiger partial charge in [0.15, 0.2) is 11.5 Å². The maximum Gasteiger partial charge on any atom is 0.586 e. The molecule has 166 valence electrons. The van der Waals surface area contributed by atoms with Gasteiger partial charge in [0.05, 0.1) is 0 Å². The third kappa shape index (κ3) is 4.27. The van der Waals surface area contributed by atoms with Gasteiger partial charge < -0.3 is 25.4 Å². The SMILES string of the molecule is CC.CNc1cc(C)nc(Nc2cc3c(c(C4=CC5CNCC5C4)c2)OC(F)(F)O3)n1. The van der Waals surface area contributed by atoms with Crippen molar-refractivity contribution >= 4 is 23.0 Å². The van der Waals surface area contributed by atoms with Crippen LogP contribution < -0.4 is 25.4 Å². The van der Waals surface area contributed by atoms with E-state index in [4.69, 9.17) is 9.47 Å². The van der Waals surface area contributed by atoms with E-state index in [1.54, 1.807) is 13.1 Å². The molecule has 1 aliphatic carbocycles. The molecule has 2 unspecified atom stereocenters. The van der Waals surface area contributed by atoms with E-state index >= 15 is 0 Å². The van der Waals surface area contributed by atoms with Gasteiger partial charge in [0.25, 0.3) is 0 Å². The first-order valence-electron chi connectivity index (χ1n) is 10.6. The highest BCUT2D eigenvalue weighted by Gasteiger charge is 2.46. The molecule has 2 aromatic rings. The lowest BCUT2D eigenvalue weighted by Crippen LogP contribution is -2.26. The fourth-order valence-electron chi connectivity index (χ4n) is 4.22. The van der Waals surface area contributed by atoms with Gasteiger partial charge in [-0.2, -0.15) is 4.98 Å². The molecule has 2 aliphatic heterocycles. The van der Waals surface area contributed by atoms with Crippen molar-refractivity contribution in [1.29, 1.82) is 0 Å². The van der Waals surface area contributed by atoms with Crippen molar-refractivity contribution in [3.05, 3.63) is 35.5 Å². The molecule has 0 saturated carbocycles. The van der Waals surface area contributed by atoms with Gasteiger partial charge in [-0.3, -0.25) is 0 Å². The van der Waals surface area contributed by atoms with Gasteiger partial charge in [-0.15, -0.1) is 8.78 Å². The number of benzene rings is 1. The molecule has 1 aromatic carbocycles. The Labute approximate surface area is 180 Å². The zero-order chi connectivity index (χ0) is 22.2. The van der Waals surface area contributed by atoms with Crippen molar-refractivity contribution < 1.29 is 18.3 Å². The lowest BCUT2D eigenvalue weighted by molar-refractivity contribution is -0.286. The predicted octanol–water partition coefficient (Wildman–Crippen LogP) is 4.54. The third-order valence-corrected chi connectivity index (χ3v) is 5.51. The summed E-state index contributed by atoms with van der Waals surface area (Å²) in [7, 11) is 1.77. The number of ether oxygens (including phenoxy) is 2. The number of allylic oxidation sites excluding steroid dienone is 1. The second-order valence-electron chi connectivity index (χ2n) is 7.59.